The van der Waals surface area contributed by atoms with Gasteiger partial charge in [-0.15, -0.1) is 0 Å². The average molecular weight is 674 g/mol. The molecule has 46 heavy (non-hydrogen) atoms. The molecule has 8 nitrogen and oxygen atoms in total. The van der Waals surface area contributed by atoms with E-state index in [1.807, 2.05) is 0 Å². The highest BCUT2D eigenvalue weighted by molar-refractivity contribution is 7.47. The Balaban J connectivity index is 4.09. The topological polar surface area (TPSA) is 117 Å². The molecule has 0 aliphatic carbocycles. The minimum Gasteiger partial charge on any atom is -0.457 e. The van der Waals surface area contributed by atoms with Crippen molar-refractivity contribution < 1.29 is 32.8 Å². The van der Waals surface area contributed by atoms with Gasteiger partial charge in [-0.3, -0.25) is 13.8 Å². The van der Waals surface area contributed by atoms with Crippen LogP contribution in [0.4, 0.5) is 0 Å². The molecule has 0 aliphatic rings. The number of hydrogen-bond donors (Lipinski definition) is 2. The Hall–Kier alpha value is -1.02. The summed E-state index contributed by atoms with van der Waals surface area (Å²) < 4.78 is 33.2. The van der Waals surface area contributed by atoms with E-state index in [4.69, 9.17) is 24.3 Å². The summed E-state index contributed by atoms with van der Waals surface area (Å²) in [6.07, 6.45) is 36.2. The minimum atomic E-state index is -4.27. The van der Waals surface area contributed by atoms with Crippen molar-refractivity contribution in [3.05, 3.63) is 24.3 Å². The molecule has 0 saturated heterocycles. The highest BCUT2D eigenvalue weighted by Gasteiger charge is 2.25. The van der Waals surface area contributed by atoms with E-state index in [9.17, 15) is 14.3 Å². The first kappa shape index (κ1) is 45.0. The molecule has 0 amide bonds. The molecule has 2 atom stereocenters. The summed E-state index contributed by atoms with van der Waals surface area (Å²) in [4.78, 5) is 22.3. The van der Waals surface area contributed by atoms with Crippen LogP contribution in [0.2, 0.25) is 0 Å². The van der Waals surface area contributed by atoms with E-state index in [2.05, 4.69) is 38.2 Å². The predicted molar refractivity (Wildman–Crippen MR) is 192 cm³/mol. The number of esters is 1. The number of allylic oxidation sites excluding steroid dienone is 4. The molecular formula is C37H72NO7P. The van der Waals surface area contributed by atoms with E-state index in [1.54, 1.807) is 0 Å². The molecule has 0 radical (unpaired) electrons. The summed E-state index contributed by atoms with van der Waals surface area (Å²) >= 11 is 0. The van der Waals surface area contributed by atoms with E-state index in [0.717, 1.165) is 44.9 Å². The molecule has 0 fully saturated rings. The number of carbonyl (C=O) groups is 1. The fraction of sp³-hybridized carbons (Fsp3) is 0.865. The third-order valence-corrected chi connectivity index (χ3v) is 8.81. The van der Waals surface area contributed by atoms with E-state index in [1.165, 1.54) is 103 Å². The van der Waals surface area contributed by atoms with Crippen molar-refractivity contribution in [3.8, 4) is 0 Å². The Morgan fingerprint density at radius 3 is 1.67 bits per heavy atom. The fourth-order valence-corrected chi connectivity index (χ4v) is 5.82. The van der Waals surface area contributed by atoms with Crippen molar-refractivity contribution in [2.45, 2.75) is 174 Å². The van der Waals surface area contributed by atoms with Crippen LogP contribution in [-0.4, -0.2) is 49.9 Å². The molecular weight excluding hydrogens is 601 g/mol. The molecule has 0 rings (SSSR count). The van der Waals surface area contributed by atoms with Gasteiger partial charge >= 0.3 is 13.8 Å². The summed E-state index contributed by atoms with van der Waals surface area (Å²) in [6.45, 7) is 4.84. The maximum Gasteiger partial charge on any atom is 0.472 e. The van der Waals surface area contributed by atoms with Crippen molar-refractivity contribution in [3.63, 3.8) is 0 Å². The lowest BCUT2D eigenvalue weighted by atomic mass is 10.1. The first-order valence-electron chi connectivity index (χ1n) is 18.8. The molecule has 0 spiro atoms. The Labute approximate surface area is 283 Å². The van der Waals surface area contributed by atoms with Crippen molar-refractivity contribution in [2.24, 2.45) is 5.73 Å². The number of nitrogens with two attached hydrogens (primary N) is 1. The lowest BCUT2D eigenvalue weighted by molar-refractivity contribution is -0.154. The minimum absolute atomic E-state index is 0.0974. The standard InChI is InChI=1S/C37H72NO7P/c1-3-5-7-9-11-13-15-16-17-18-19-20-22-24-26-28-30-37(39)45-36(35-44-46(40,41)43-33-31-38)34-42-32-29-27-25-23-21-14-12-10-8-6-4-2/h8,10,17-18,36H,3-7,9,11-16,19-35,38H2,1-2H3,(H,40,41)/b10-8-,18-17-. The molecule has 0 saturated carbocycles. The number of ether oxygens (including phenoxy) is 2. The quantitative estimate of drug-likeness (QED) is 0.0292. The normalized spacial score (nSPS) is 13.9. The van der Waals surface area contributed by atoms with Crippen LogP contribution in [0, 0.1) is 0 Å². The van der Waals surface area contributed by atoms with Crippen LogP contribution in [0.25, 0.3) is 0 Å². The van der Waals surface area contributed by atoms with Gasteiger partial charge in [0.15, 0.2) is 0 Å². The van der Waals surface area contributed by atoms with Gasteiger partial charge in [0.25, 0.3) is 0 Å². The second kappa shape index (κ2) is 35.3. The van der Waals surface area contributed by atoms with Crippen LogP contribution < -0.4 is 5.73 Å². The molecule has 3 N–H and O–H groups in total. The van der Waals surface area contributed by atoms with Crippen molar-refractivity contribution in [1.29, 1.82) is 0 Å². The molecule has 9 heteroatoms. The van der Waals surface area contributed by atoms with Gasteiger partial charge in [-0.25, -0.2) is 4.57 Å². The van der Waals surface area contributed by atoms with Gasteiger partial charge in [-0.1, -0.05) is 128 Å². The first-order valence-corrected chi connectivity index (χ1v) is 20.3. The van der Waals surface area contributed by atoms with Gasteiger partial charge in [-0.05, 0) is 57.8 Å². The number of rotatable bonds is 36. The number of phosphoric acid groups is 1. The van der Waals surface area contributed by atoms with Crippen LogP contribution in [0.5, 0.6) is 0 Å². The number of unbranched alkanes of at least 4 members (excludes halogenated alkanes) is 19. The van der Waals surface area contributed by atoms with Crippen LogP contribution in [0.15, 0.2) is 24.3 Å². The van der Waals surface area contributed by atoms with Gasteiger partial charge in [0.1, 0.15) is 6.10 Å². The zero-order valence-corrected chi connectivity index (χ0v) is 30.7. The van der Waals surface area contributed by atoms with Crippen LogP contribution in [-0.2, 0) is 27.9 Å². The molecule has 0 aromatic heterocycles. The lowest BCUT2D eigenvalue weighted by Crippen LogP contribution is -2.28. The van der Waals surface area contributed by atoms with Crippen LogP contribution in [0.1, 0.15) is 168 Å². The fourth-order valence-electron chi connectivity index (χ4n) is 5.05. The number of phosphoric ester groups is 1. The van der Waals surface area contributed by atoms with Crippen LogP contribution >= 0.6 is 7.82 Å². The predicted octanol–water partition coefficient (Wildman–Crippen LogP) is 10.5. The Morgan fingerprint density at radius 1 is 0.630 bits per heavy atom. The van der Waals surface area contributed by atoms with Crippen molar-refractivity contribution in [2.75, 3.05) is 33.0 Å². The van der Waals surface area contributed by atoms with Crippen LogP contribution in [0.3, 0.4) is 0 Å². The Bertz CT molecular complexity index is 762. The van der Waals surface area contributed by atoms with E-state index in [0.29, 0.717) is 13.0 Å². The molecule has 0 aliphatic heterocycles. The first-order chi connectivity index (χ1) is 22.4. The molecule has 0 bridgehead atoms. The second-order valence-corrected chi connectivity index (χ2v) is 13.9. The summed E-state index contributed by atoms with van der Waals surface area (Å²) in [5, 5.41) is 0. The molecule has 2 unspecified atom stereocenters. The van der Waals surface area contributed by atoms with Gasteiger partial charge in [0.05, 0.1) is 19.8 Å². The largest absolute Gasteiger partial charge is 0.472 e. The lowest BCUT2D eigenvalue weighted by Gasteiger charge is -2.20. The number of hydrogen-bond acceptors (Lipinski definition) is 7. The summed E-state index contributed by atoms with van der Waals surface area (Å²) in [5.74, 6) is -0.342. The van der Waals surface area contributed by atoms with Gasteiger partial charge in [0, 0.05) is 19.6 Å². The summed E-state index contributed by atoms with van der Waals surface area (Å²) in [7, 11) is -4.27. The third kappa shape index (κ3) is 34.3. The number of carbonyl (C=O) groups excluding carboxylic acids is 1. The van der Waals surface area contributed by atoms with Gasteiger partial charge in [-0.2, -0.15) is 0 Å². The monoisotopic (exact) mass is 674 g/mol. The summed E-state index contributed by atoms with van der Waals surface area (Å²) in [6, 6.07) is 0. The smallest absolute Gasteiger partial charge is 0.457 e. The molecule has 0 heterocycles. The highest BCUT2D eigenvalue weighted by atomic mass is 31.2. The molecule has 0 aromatic carbocycles. The maximum atomic E-state index is 12.5. The zero-order chi connectivity index (χ0) is 33.8. The SMILES string of the molecule is CCC/C=C\CCCCCCCCOCC(COP(=O)(O)OCCN)OC(=O)CCCCCCC/C=C\CCCCCCCCC. The van der Waals surface area contributed by atoms with E-state index in [-0.39, 0.29) is 32.3 Å². The second-order valence-electron chi connectivity index (χ2n) is 12.4. The molecule has 0 aromatic rings. The van der Waals surface area contributed by atoms with Gasteiger partial charge < -0.3 is 20.1 Å². The molecule has 272 valence electrons. The maximum absolute atomic E-state index is 12.5. The Morgan fingerprint density at radius 2 is 1.13 bits per heavy atom. The summed E-state index contributed by atoms with van der Waals surface area (Å²) in [5.41, 5.74) is 5.34. The van der Waals surface area contributed by atoms with E-state index >= 15 is 0 Å². The highest BCUT2D eigenvalue weighted by Crippen LogP contribution is 2.43. The zero-order valence-electron chi connectivity index (χ0n) is 29.8. The average Bonchev–Trinajstić information content (AvgIpc) is 3.04. The van der Waals surface area contributed by atoms with E-state index < -0.39 is 13.9 Å². The Kier molecular flexibility index (Phi) is 34.5. The van der Waals surface area contributed by atoms with Crippen molar-refractivity contribution in [1.82, 2.24) is 0 Å². The van der Waals surface area contributed by atoms with Gasteiger partial charge in [0.2, 0.25) is 0 Å². The van der Waals surface area contributed by atoms with Crippen molar-refractivity contribution >= 4 is 13.8 Å². The third-order valence-electron chi connectivity index (χ3n) is 7.82.